The van der Waals surface area contributed by atoms with Gasteiger partial charge in [-0.25, -0.2) is 4.79 Å². The third kappa shape index (κ3) is 6.62. The van der Waals surface area contributed by atoms with Gasteiger partial charge in [-0.2, -0.15) is 0 Å². The molecule has 1 unspecified atom stereocenters. The van der Waals surface area contributed by atoms with Gasteiger partial charge in [0.1, 0.15) is 6.61 Å². The molecule has 8 nitrogen and oxygen atoms in total. The standard InChI is InChI=1S/C18H21N2O6P/c19-15(11-13-7-3-1-4-8-13)16(21)17(27(23,24)25)20-18(22)26-12-14-9-5-2-6-10-14/h1-10,15,17H,11-12,19H2,(H,20,22)(H2,23,24,25)/t15-,17?/m0/s1. The number of hydrogen-bond donors (Lipinski definition) is 4. The summed E-state index contributed by atoms with van der Waals surface area (Å²) in [5.74, 6) is -3.04. The summed E-state index contributed by atoms with van der Waals surface area (Å²) in [5.41, 5.74) is 7.22. The van der Waals surface area contributed by atoms with Gasteiger partial charge in [-0.15, -0.1) is 0 Å². The highest BCUT2D eigenvalue weighted by Crippen LogP contribution is 2.40. The van der Waals surface area contributed by atoms with E-state index in [2.05, 4.69) is 0 Å². The lowest BCUT2D eigenvalue weighted by Crippen LogP contribution is -2.48. The van der Waals surface area contributed by atoms with Gasteiger partial charge in [0.05, 0.1) is 6.04 Å². The largest absolute Gasteiger partial charge is 0.445 e. The molecule has 27 heavy (non-hydrogen) atoms. The van der Waals surface area contributed by atoms with Gasteiger partial charge in [0, 0.05) is 0 Å². The second kappa shape index (κ2) is 9.43. The van der Waals surface area contributed by atoms with Crippen LogP contribution in [0.5, 0.6) is 0 Å². The molecule has 144 valence electrons. The molecule has 0 aliphatic carbocycles. The number of ketones is 1. The maximum Gasteiger partial charge on any atom is 0.408 e. The van der Waals surface area contributed by atoms with Crippen molar-refractivity contribution in [2.45, 2.75) is 24.9 Å². The van der Waals surface area contributed by atoms with E-state index in [9.17, 15) is 23.9 Å². The molecule has 0 heterocycles. The monoisotopic (exact) mass is 392 g/mol. The quantitative estimate of drug-likeness (QED) is 0.500. The van der Waals surface area contributed by atoms with Crippen molar-refractivity contribution in [2.24, 2.45) is 5.73 Å². The zero-order valence-corrected chi connectivity index (χ0v) is 15.3. The van der Waals surface area contributed by atoms with Gasteiger partial charge in [0.15, 0.2) is 11.6 Å². The number of Topliss-reactive ketones (excluding diaryl/α,β-unsaturated/α-hetero) is 1. The van der Waals surface area contributed by atoms with Crippen molar-refractivity contribution >= 4 is 19.5 Å². The molecule has 2 atom stereocenters. The molecule has 2 aromatic rings. The maximum absolute atomic E-state index is 12.4. The Kier molecular flexibility index (Phi) is 7.27. The fourth-order valence-electron chi connectivity index (χ4n) is 2.37. The molecule has 0 spiro atoms. The number of carbonyl (C=O) groups excluding carboxylic acids is 2. The summed E-state index contributed by atoms with van der Waals surface area (Å²) in [5, 5.41) is 1.94. The normalized spacial score (nSPS) is 13.4. The third-order valence-electron chi connectivity index (χ3n) is 3.74. The molecule has 5 N–H and O–H groups in total. The van der Waals surface area contributed by atoms with Crippen LogP contribution in [0.1, 0.15) is 11.1 Å². The molecule has 2 rings (SSSR count). The highest BCUT2D eigenvalue weighted by Gasteiger charge is 2.39. The lowest BCUT2D eigenvalue weighted by atomic mass is 10.0. The van der Waals surface area contributed by atoms with Crippen molar-refractivity contribution in [2.75, 3.05) is 0 Å². The minimum Gasteiger partial charge on any atom is -0.445 e. The van der Waals surface area contributed by atoms with Crippen molar-refractivity contribution < 1.29 is 28.7 Å². The van der Waals surface area contributed by atoms with Crippen LogP contribution in [-0.4, -0.2) is 33.5 Å². The van der Waals surface area contributed by atoms with Gasteiger partial charge < -0.3 is 25.6 Å². The number of alkyl carbamates (subject to hydrolysis) is 1. The zero-order valence-electron chi connectivity index (χ0n) is 14.4. The summed E-state index contributed by atoms with van der Waals surface area (Å²) in [4.78, 5) is 43.2. The first-order valence-electron chi connectivity index (χ1n) is 8.13. The van der Waals surface area contributed by atoms with Crippen LogP contribution >= 0.6 is 7.60 Å². The first-order valence-corrected chi connectivity index (χ1v) is 9.81. The van der Waals surface area contributed by atoms with E-state index in [0.29, 0.717) is 5.56 Å². The van der Waals surface area contributed by atoms with Crippen molar-refractivity contribution in [3.63, 3.8) is 0 Å². The van der Waals surface area contributed by atoms with Crippen molar-refractivity contribution in [3.05, 3.63) is 71.8 Å². The molecule has 0 bridgehead atoms. The van der Waals surface area contributed by atoms with E-state index < -0.39 is 31.3 Å². The Morgan fingerprint density at radius 1 is 1.00 bits per heavy atom. The lowest BCUT2D eigenvalue weighted by molar-refractivity contribution is -0.120. The van der Waals surface area contributed by atoms with Crippen LogP contribution in [0, 0.1) is 0 Å². The molecule has 9 heteroatoms. The molecular weight excluding hydrogens is 371 g/mol. The Bertz CT molecular complexity index is 809. The summed E-state index contributed by atoms with van der Waals surface area (Å²) < 4.78 is 16.6. The van der Waals surface area contributed by atoms with Gasteiger partial charge in [0.25, 0.3) is 0 Å². The van der Waals surface area contributed by atoms with Crippen LogP contribution < -0.4 is 11.1 Å². The summed E-state index contributed by atoms with van der Waals surface area (Å²) in [6.45, 7) is -0.106. The molecule has 0 radical (unpaired) electrons. The summed E-state index contributed by atoms with van der Waals surface area (Å²) >= 11 is 0. The second-order valence-electron chi connectivity index (χ2n) is 5.90. The molecule has 0 saturated carbocycles. The van der Waals surface area contributed by atoms with E-state index in [-0.39, 0.29) is 13.0 Å². The number of ether oxygens (including phenoxy) is 1. The average molecular weight is 392 g/mol. The van der Waals surface area contributed by atoms with Gasteiger partial charge >= 0.3 is 13.7 Å². The molecule has 0 fully saturated rings. The van der Waals surface area contributed by atoms with Crippen LogP contribution in [-0.2, 0) is 27.1 Å². The van der Waals surface area contributed by atoms with Crippen molar-refractivity contribution in [1.82, 2.24) is 5.32 Å². The van der Waals surface area contributed by atoms with Crippen LogP contribution in [0.25, 0.3) is 0 Å². The summed E-state index contributed by atoms with van der Waals surface area (Å²) in [7, 11) is -4.98. The average Bonchev–Trinajstić information content (AvgIpc) is 2.64. The van der Waals surface area contributed by atoms with Gasteiger partial charge in [-0.05, 0) is 17.5 Å². The van der Waals surface area contributed by atoms with Crippen LogP contribution in [0.4, 0.5) is 4.79 Å². The van der Waals surface area contributed by atoms with Gasteiger partial charge in [-0.3, -0.25) is 9.36 Å². The number of benzene rings is 2. The predicted molar refractivity (Wildman–Crippen MR) is 98.7 cm³/mol. The van der Waals surface area contributed by atoms with E-state index in [4.69, 9.17) is 10.5 Å². The van der Waals surface area contributed by atoms with Gasteiger partial charge in [0.2, 0.25) is 0 Å². The maximum atomic E-state index is 12.4. The van der Waals surface area contributed by atoms with E-state index >= 15 is 0 Å². The number of carbonyl (C=O) groups is 2. The molecule has 2 aromatic carbocycles. The number of hydrogen-bond acceptors (Lipinski definition) is 5. The van der Waals surface area contributed by atoms with E-state index in [1.807, 2.05) is 5.32 Å². The number of rotatable bonds is 8. The highest BCUT2D eigenvalue weighted by atomic mass is 31.2. The smallest absolute Gasteiger partial charge is 0.408 e. The van der Waals surface area contributed by atoms with Crippen LogP contribution in [0.3, 0.4) is 0 Å². The summed E-state index contributed by atoms with van der Waals surface area (Å²) in [6, 6.07) is 16.3. The van der Waals surface area contributed by atoms with E-state index in [0.717, 1.165) is 5.56 Å². The fourth-order valence-corrected chi connectivity index (χ4v) is 3.17. The molecule has 0 saturated heterocycles. The van der Waals surface area contributed by atoms with Crippen LogP contribution in [0.2, 0.25) is 0 Å². The van der Waals surface area contributed by atoms with E-state index in [1.54, 1.807) is 60.7 Å². The number of nitrogens with one attached hydrogen (secondary N) is 1. The lowest BCUT2D eigenvalue weighted by Gasteiger charge is -2.21. The second-order valence-corrected chi connectivity index (χ2v) is 7.59. The molecular formula is C18H21N2O6P. The Balaban J connectivity index is 2.00. The SMILES string of the molecule is N[C@@H](Cc1ccccc1)C(=O)C(NC(=O)OCc1ccccc1)P(=O)(O)O. The zero-order chi connectivity index (χ0) is 19.9. The van der Waals surface area contributed by atoms with Crippen LogP contribution in [0.15, 0.2) is 60.7 Å². The first-order chi connectivity index (χ1) is 12.8. The fraction of sp³-hybridized carbons (Fsp3) is 0.222. The summed E-state index contributed by atoms with van der Waals surface area (Å²) in [6.07, 6.45) is -1.04. The molecule has 0 aliphatic heterocycles. The van der Waals surface area contributed by atoms with Crippen molar-refractivity contribution in [3.8, 4) is 0 Å². The minimum atomic E-state index is -4.98. The highest BCUT2D eigenvalue weighted by molar-refractivity contribution is 7.53. The molecule has 1 amide bonds. The predicted octanol–water partition coefficient (Wildman–Crippen LogP) is 1.56. The Morgan fingerprint density at radius 2 is 1.52 bits per heavy atom. The Hall–Kier alpha value is -2.51. The minimum absolute atomic E-state index is 0.0803. The van der Waals surface area contributed by atoms with E-state index in [1.165, 1.54) is 0 Å². The van der Waals surface area contributed by atoms with Crippen molar-refractivity contribution in [1.29, 1.82) is 0 Å². The first kappa shape index (κ1) is 20.8. The third-order valence-corrected chi connectivity index (χ3v) is 4.79. The number of amides is 1. The molecule has 0 aliphatic rings. The Labute approximate surface area is 156 Å². The molecule has 0 aromatic heterocycles. The number of nitrogens with two attached hydrogens (primary N) is 1. The topological polar surface area (TPSA) is 139 Å². The van der Waals surface area contributed by atoms with Gasteiger partial charge in [-0.1, -0.05) is 60.7 Å². The Morgan fingerprint density at radius 3 is 2.04 bits per heavy atom.